The molecule has 4 heterocycles. The van der Waals surface area contributed by atoms with Crippen LogP contribution < -0.4 is 19.3 Å². The summed E-state index contributed by atoms with van der Waals surface area (Å²) < 4.78 is 11.6. The van der Waals surface area contributed by atoms with E-state index >= 15 is 0 Å². The van der Waals surface area contributed by atoms with Crippen molar-refractivity contribution in [2.24, 2.45) is 11.8 Å². The van der Waals surface area contributed by atoms with E-state index in [4.69, 9.17) is 21.1 Å². The number of carbonyl (C=O) groups is 1. The van der Waals surface area contributed by atoms with Crippen molar-refractivity contribution in [2.45, 2.75) is 52.2 Å². The Morgan fingerprint density at radius 1 is 1.18 bits per heavy atom. The molecule has 4 atom stereocenters. The first-order valence-corrected chi connectivity index (χ1v) is 12.2. The van der Waals surface area contributed by atoms with Gasteiger partial charge in [-0.2, -0.15) is 0 Å². The molecule has 8 nitrogen and oxygen atoms in total. The lowest BCUT2D eigenvalue weighted by atomic mass is 9.96. The Morgan fingerprint density at radius 3 is 2.65 bits per heavy atom. The van der Waals surface area contributed by atoms with Crippen LogP contribution in [0, 0.1) is 18.8 Å². The molecule has 1 N–H and O–H groups in total. The van der Waals surface area contributed by atoms with E-state index in [0.29, 0.717) is 22.7 Å². The zero-order valence-electron chi connectivity index (χ0n) is 20.2. The average Bonchev–Trinajstić information content (AvgIpc) is 3.16. The number of aromatic nitrogens is 2. The van der Waals surface area contributed by atoms with Crippen molar-refractivity contribution in [3.8, 4) is 11.8 Å². The van der Waals surface area contributed by atoms with Gasteiger partial charge < -0.3 is 24.4 Å². The molecule has 0 aromatic carbocycles. The minimum atomic E-state index is -0.764. The van der Waals surface area contributed by atoms with Gasteiger partial charge in [-0.3, -0.25) is 4.79 Å². The van der Waals surface area contributed by atoms with Crippen molar-refractivity contribution in [2.75, 3.05) is 36.5 Å². The molecule has 2 saturated heterocycles. The first-order chi connectivity index (χ1) is 16.3. The van der Waals surface area contributed by atoms with Gasteiger partial charge in [-0.25, -0.2) is 9.97 Å². The molecular weight excluding hydrogens is 456 g/mol. The summed E-state index contributed by atoms with van der Waals surface area (Å²) in [6.45, 7) is 8.75. The van der Waals surface area contributed by atoms with Crippen molar-refractivity contribution >= 4 is 28.9 Å². The van der Waals surface area contributed by atoms with E-state index in [1.807, 2.05) is 19.2 Å². The molecule has 2 unspecified atom stereocenters. The topological polar surface area (TPSA) is 88.0 Å². The second-order valence-electron chi connectivity index (χ2n) is 9.49. The number of carboxylic acid groups (broad SMARTS) is 1. The number of piperidine rings is 1. The smallest absolute Gasteiger partial charge is 0.305 e. The predicted octanol–water partition coefficient (Wildman–Crippen LogP) is 4.43. The van der Waals surface area contributed by atoms with Gasteiger partial charge >= 0.3 is 5.97 Å². The molecule has 2 aromatic rings. The normalized spacial score (nSPS) is 24.9. The minimum absolute atomic E-state index is 0.00606. The number of methoxy groups -OCH3 is 1. The maximum absolute atomic E-state index is 11.3. The molecule has 0 saturated carbocycles. The molecule has 2 fully saturated rings. The van der Waals surface area contributed by atoms with Crippen LogP contribution >= 0.6 is 11.6 Å². The van der Waals surface area contributed by atoms with Gasteiger partial charge in [-0.1, -0.05) is 25.4 Å². The molecule has 2 aliphatic heterocycles. The standard InChI is InChI=1S/C25H33ClN4O4/c1-15-5-8-30(20(15)11-24(31)32)18-9-16(2)25(28-12-18)34-22-6-7-29(14-17(22)3)21-10-23(33-4)27-13-19(21)26/h9-10,12-13,15,17,20,22H,5-8,11,14H2,1-4H3,(H,31,32)/t15-,17?,20+,22?/m1/s1. The van der Waals surface area contributed by atoms with Crippen molar-refractivity contribution in [1.82, 2.24) is 9.97 Å². The third kappa shape index (κ3) is 5.17. The fourth-order valence-electron chi connectivity index (χ4n) is 5.07. The zero-order valence-corrected chi connectivity index (χ0v) is 21.0. The molecule has 4 rings (SSSR count). The third-order valence-electron chi connectivity index (χ3n) is 7.06. The lowest BCUT2D eigenvalue weighted by Gasteiger charge is -2.38. The predicted molar refractivity (Wildman–Crippen MR) is 132 cm³/mol. The summed E-state index contributed by atoms with van der Waals surface area (Å²) in [7, 11) is 1.60. The summed E-state index contributed by atoms with van der Waals surface area (Å²) in [5, 5.41) is 9.92. The summed E-state index contributed by atoms with van der Waals surface area (Å²) in [4.78, 5) is 24.6. The Bertz CT molecular complexity index is 1040. The highest BCUT2D eigenvalue weighted by Crippen LogP contribution is 2.35. The number of anilines is 2. The van der Waals surface area contributed by atoms with Crippen LogP contribution in [0.4, 0.5) is 11.4 Å². The molecule has 0 aliphatic carbocycles. The Labute approximate surface area is 205 Å². The highest BCUT2D eigenvalue weighted by molar-refractivity contribution is 6.33. The van der Waals surface area contributed by atoms with Gasteiger partial charge in [0, 0.05) is 49.6 Å². The lowest BCUT2D eigenvalue weighted by molar-refractivity contribution is -0.137. The van der Waals surface area contributed by atoms with E-state index in [1.54, 1.807) is 13.3 Å². The SMILES string of the molecule is COc1cc(N2CCC(Oc3ncc(N4CC[C@@H](C)[C@@H]4CC(=O)O)cc3C)C(C)C2)c(Cl)cn1. The van der Waals surface area contributed by atoms with Crippen LogP contribution in [0.2, 0.25) is 5.02 Å². The number of aliphatic carboxylic acids is 1. The third-order valence-corrected chi connectivity index (χ3v) is 7.35. The van der Waals surface area contributed by atoms with E-state index in [2.05, 4.69) is 39.7 Å². The molecule has 0 amide bonds. The summed E-state index contributed by atoms with van der Waals surface area (Å²) in [5.41, 5.74) is 2.85. The number of hydrogen-bond donors (Lipinski definition) is 1. The highest BCUT2D eigenvalue weighted by Gasteiger charge is 2.34. The summed E-state index contributed by atoms with van der Waals surface area (Å²) >= 11 is 6.40. The molecule has 0 bridgehead atoms. The van der Waals surface area contributed by atoms with Gasteiger partial charge in [0.1, 0.15) is 6.10 Å². The maximum atomic E-state index is 11.3. The molecular formula is C25H33ClN4O4. The van der Waals surface area contributed by atoms with Crippen molar-refractivity contribution in [1.29, 1.82) is 0 Å². The molecule has 9 heteroatoms. The number of pyridine rings is 2. The van der Waals surface area contributed by atoms with E-state index in [9.17, 15) is 9.90 Å². The van der Waals surface area contributed by atoms with Gasteiger partial charge in [-0.15, -0.1) is 0 Å². The fraction of sp³-hybridized carbons (Fsp3) is 0.560. The Kier molecular flexibility index (Phi) is 7.36. The van der Waals surface area contributed by atoms with Gasteiger partial charge in [0.25, 0.3) is 0 Å². The van der Waals surface area contributed by atoms with Crippen LogP contribution in [-0.2, 0) is 4.79 Å². The molecule has 0 spiro atoms. The molecule has 184 valence electrons. The van der Waals surface area contributed by atoms with Gasteiger partial charge in [0.2, 0.25) is 11.8 Å². The van der Waals surface area contributed by atoms with Crippen LogP contribution in [0.25, 0.3) is 0 Å². The zero-order chi connectivity index (χ0) is 24.4. The van der Waals surface area contributed by atoms with E-state index in [-0.39, 0.29) is 24.5 Å². The summed E-state index contributed by atoms with van der Waals surface area (Å²) in [6, 6.07) is 3.93. The van der Waals surface area contributed by atoms with E-state index in [1.165, 1.54) is 0 Å². The number of carboxylic acids is 1. The van der Waals surface area contributed by atoms with E-state index < -0.39 is 5.97 Å². The van der Waals surface area contributed by atoms with Crippen LogP contribution in [0.15, 0.2) is 24.5 Å². The van der Waals surface area contributed by atoms with Crippen LogP contribution in [0.1, 0.15) is 38.7 Å². The quantitative estimate of drug-likeness (QED) is 0.612. The summed E-state index contributed by atoms with van der Waals surface area (Å²) in [5.74, 6) is 1.03. The minimum Gasteiger partial charge on any atom is -0.481 e. The van der Waals surface area contributed by atoms with Crippen molar-refractivity contribution < 1.29 is 19.4 Å². The number of hydrogen-bond acceptors (Lipinski definition) is 7. The molecule has 2 aromatic heterocycles. The molecule has 2 aliphatic rings. The number of halogens is 1. The lowest BCUT2D eigenvalue weighted by Crippen LogP contribution is -2.44. The van der Waals surface area contributed by atoms with Gasteiger partial charge in [0.15, 0.2) is 0 Å². The number of nitrogens with zero attached hydrogens (tertiary/aromatic N) is 4. The Morgan fingerprint density at radius 2 is 1.97 bits per heavy atom. The number of rotatable bonds is 7. The van der Waals surface area contributed by atoms with Crippen LogP contribution in [0.3, 0.4) is 0 Å². The molecule has 0 radical (unpaired) electrons. The number of aryl methyl sites for hydroxylation is 1. The Hall–Kier alpha value is -2.74. The average molecular weight is 489 g/mol. The Balaban J connectivity index is 1.42. The van der Waals surface area contributed by atoms with Crippen LogP contribution in [0.5, 0.6) is 11.8 Å². The number of ether oxygens (including phenoxy) is 2. The van der Waals surface area contributed by atoms with Crippen molar-refractivity contribution in [3.05, 3.63) is 35.1 Å². The first kappa shape index (κ1) is 24.4. The van der Waals surface area contributed by atoms with Gasteiger partial charge in [-0.05, 0) is 25.3 Å². The highest BCUT2D eigenvalue weighted by atomic mass is 35.5. The maximum Gasteiger partial charge on any atom is 0.305 e. The van der Waals surface area contributed by atoms with Crippen molar-refractivity contribution in [3.63, 3.8) is 0 Å². The van der Waals surface area contributed by atoms with E-state index in [0.717, 1.165) is 49.4 Å². The second-order valence-corrected chi connectivity index (χ2v) is 9.89. The first-order valence-electron chi connectivity index (χ1n) is 11.8. The second kappa shape index (κ2) is 10.3. The fourth-order valence-corrected chi connectivity index (χ4v) is 5.29. The molecule has 34 heavy (non-hydrogen) atoms. The van der Waals surface area contributed by atoms with Gasteiger partial charge in [0.05, 0.1) is 42.3 Å². The van der Waals surface area contributed by atoms with Crippen LogP contribution in [-0.4, -0.2) is 59.9 Å². The largest absolute Gasteiger partial charge is 0.481 e. The monoisotopic (exact) mass is 488 g/mol. The summed E-state index contributed by atoms with van der Waals surface area (Å²) in [6.07, 6.45) is 5.45.